The van der Waals surface area contributed by atoms with Crippen LogP contribution in [0.25, 0.3) is 0 Å². The molecule has 9 heteroatoms. The monoisotopic (exact) mass is 354 g/mol. The number of methoxy groups -OCH3 is 1. The van der Waals surface area contributed by atoms with E-state index >= 15 is 0 Å². The Morgan fingerprint density at radius 1 is 1.16 bits per heavy atom. The standard InChI is InChI=1S/C16H17F3N4O2/c1-24-14-8-12(23-4-6-25-7-5-23)2-3-13(14)22-15-20-9-11(10-21-15)16(17,18)19/h2-3,8-10H,4-7H2,1H3,(H,20,21,22). The zero-order valence-corrected chi connectivity index (χ0v) is 13.5. The molecule has 1 aromatic heterocycles. The molecule has 0 atom stereocenters. The Morgan fingerprint density at radius 3 is 2.44 bits per heavy atom. The summed E-state index contributed by atoms with van der Waals surface area (Å²) in [5.74, 6) is 0.609. The molecule has 1 N–H and O–H groups in total. The number of benzene rings is 1. The first-order valence-electron chi connectivity index (χ1n) is 7.64. The average molecular weight is 354 g/mol. The number of hydrogen-bond donors (Lipinski definition) is 1. The first kappa shape index (κ1) is 17.3. The van der Waals surface area contributed by atoms with Gasteiger partial charge >= 0.3 is 6.18 Å². The van der Waals surface area contributed by atoms with Crippen LogP contribution in [-0.4, -0.2) is 43.4 Å². The van der Waals surface area contributed by atoms with Gasteiger partial charge in [0.1, 0.15) is 5.75 Å². The lowest BCUT2D eigenvalue weighted by Gasteiger charge is -2.29. The van der Waals surface area contributed by atoms with Crippen LogP contribution in [0.1, 0.15) is 5.56 Å². The van der Waals surface area contributed by atoms with Crippen LogP contribution < -0.4 is 15.0 Å². The number of nitrogens with one attached hydrogen (secondary N) is 1. The number of halogens is 3. The van der Waals surface area contributed by atoms with E-state index in [0.717, 1.165) is 31.2 Å². The third-order valence-electron chi connectivity index (χ3n) is 3.79. The Morgan fingerprint density at radius 2 is 1.84 bits per heavy atom. The van der Waals surface area contributed by atoms with Gasteiger partial charge in [0.15, 0.2) is 0 Å². The maximum absolute atomic E-state index is 12.6. The van der Waals surface area contributed by atoms with Crippen molar-refractivity contribution in [2.24, 2.45) is 0 Å². The number of hydrogen-bond acceptors (Lipinski definition) is 6. The predicted molar refractivity (Wildman–Crippen MR) is 86.3 cm³/mol. The van der Waals surface area contributed by atoms with Crippen LogP contribution >= 0.6 is 0 Å². The number of rotatable bonds is 4. The number of ether oxygens (including phenoxy) is 2. The van der Waals surface area contributed by atoms with Gasteiger partial charge in [0.2, 0.25) is 5.95 Å². The van der Waals surface area contributed by atoms with Crippen LogP contribution in [0, 0.1) is 0 Å². The van der Waals surface area contributed by atoms with Gasteiger partial charge in [-0.25, -0.2) is 9.97 Å². The lowest BCUT2D eigenvalue weighted by atomic mass is 10.2. The molecule has 0 saturated carbocycles. The molecular formula is C16H17F3N4O2. The van der Waals surface area contributed by atoms with Gasteiger partial charge in [0.05, 0.1) is 31.6 Å². The first-order chi connectivity index (χ1) is 12.0. The largest absolute Gasteiger partial charge is 0.494 e. The van der Waals surface area contributed by atoms with Crippen molar-refractivity contribution in [3.05, 3.63) is 36.2 Å². The van der Waals surface area contributed by atoms with Gasteiger partial charge in [0, 0.05) is 37.2 Å². The quantitative estimate of drug-likeness (QED) is 0.911. The lowest BCUT2D eigenvalue weighted by molar-refractivity contribution is -0.138. The van der Waals surface area contributed by atoms with Crippen molar-refractivity contribution in [3.63, 3.8) is 0 Å². The summed E-state index contributed by atoms with van der Waals surface area (Å²) >= 11 is 0. The highest BCUT2D eigenvalue weighted by Gasteiger charge is 2.31. The molecule has 1 aromatic carbocycles. The fourth-order valence-electron chi connectivity index (χ4n) is 2.46. The normalized spacial score (nSPS) is 15.1. The Balaban J connectivity index is 1.77. The molecule has 1 aliphatic rings. The molecule has 1 saturated heterocycles. The molecule has 3 rings (SSSR count). The van der Waals surface area contributed by atoms with E-state index in [9.17, 15) is 13.2 Å². The summed E-state index contributed by atoms with van der Waals surface area (Å²) in [6, 6.07) is 5.54. The summed E-state index contributed by atoms with van der Waals surface area (Å²) < 4.78 is 48.4. The summed E-state index contributed by atoms with van der Waals surface area (Å²) in [4.78, 5) is 9.58. The van der Waals surface area contributed by atoms with E-state index in [1.807, 2.05) is 12.1 Å². The zero-order valence-electron chi connectivity index (χ0n) is 13.5. The van der Waals surface area contributed by atoms with Crippen molar-refractivity contribution in [2.45, 2.75) is 6.18 Å². The summed E-state index contributed by atoms with van der Waals surface area (Å²) in [7, 11) is 1.53. The van der Waals surface area contributed by atoms with E-state index in [1.165, 1.54) is 7.11 Å². The van der Waals surface area contributed by atoms with Crippen LogP contribution in [0.2, 0.25) is 0 Å². The second-order valence-electron chi connectivity index (χ2n) is 5.40. The van der Waals surface area contributed by atoms with Crippen LogP contribution in [0.15, 0.2) is 30.6 Å². The van der Waals surface area contributed by atoms with Crippen LogP contribution in [0.3, 0.4) is 0 Å². The minimum absolute atomic E-state index is 0.0606. The molecule has 25 heavy (non-hydrogen) atoms. The minimum atomic E-state index is -4.46. The van der Waals surface area contributed by atoms with Gasteiger partial charge in [0.25, 0.3) is 0 Å². The number of anilines is 3. The Bertz CT molecular complexity index is 716. The van der Waals surface area contributed by atoms with Gasteiger partial charge < -0.3 is 19.7 Å². The summed E-state index contributed by atoms with van der Waals surface area (Å²) in [5, 5.41) is 2.87. The molecule has 0 bridgehead atoms. The molecule has 0 amide bonds. The van der Waals surface area contributed by atoms with Gasteiger partial charge in [-0.3, -0.25) is 0 Å². The van der Waals surface area contributed by atoms with Crippen LogP contribution in [0.5, 0.6) is 5.75 Å². The molecule has 2 aromatic rings. The number of alkyl halides is 3. The number of nitrogens with zero attached hydrogens (tertiary/aromatic N) is 3. The molecule has 1 aliphatic heterocycles. The van der Waals surface area contributed by atoms with Crippen molar-refractivity contribution in [3.8, 4) is 5.75 Å². The maximum atomic E-state index is 12.6. The van der Waals surface area contributed by atoms with E-state index in [4.69, 9.17) is 9.47 Å². The van der Waals surface area contributed by atoms with Gasteiger partial charge in [-0.15, -0.1) is 0 Å². The van der Waals surface area contributed by atoms with E-state index in [0.29, 0.717) is 24.7 Å². The SMILES string of the molecule is COc1cc(N2CCOCC2)ccc1Nc1ncc(C(F)(F)F)cn1. The smallest absolute Gasteiger partial charge is 0.419 e. The fourth-order valence-corrected chi connectivity index (χ4v) is 2.46. The lowest BCUT2D eigenvalue weighted by Crippen LogP contribution is -2.36. The summed E-state index contributed by atoms with van der Waals surface area (Å²) in [6.07, 6.45) is -2.98. The highest BCUT2D eigenvalue weighted by molar-refractivity contribution is 5.68. The molecule has 134 valence electrons. The second-order valence-corrected chi connectivity index (χ2v) is 5.40. The zero-order chi connectivity index (χ0) is 17.9. The highest BCUT2D eigenvalue weighted by atomic mass is 19.4. The second kappa shape index (κ2) is 7.14. The van der Waals surface area contributed by atoms with E-state index in [2.05, 4.69) is 20.2 Å². The molecule has 2 heterocycles. The van der Waals surface area contributed by atoms with Crippen molar-refractivity contribution in [1.82, 2.24) is 9.97 Å². The molecule has 1 fully saturated rings. The third-order valence-corrected chi connectivity index (χ3v) is 3.79. The third kappa shape index (κ3) is 4.11. The Labute approximate surface area is 142 Å². The molecule has 6 nitrogen and oxygen atoms in total. The summed E-state index contributed by atoms with van der Waals surface area (Å²) in [6.45, 7) is 2.92. The minimum Gasteiger partial charge on any atom is -0.494 e. The maximum Gasteiger partial charge on any atom is 0.419 e. The highest BCUT2D eigenvalue weighted by Crippen LogP contribution is 2.32. The number of morpholine rings is 1. The molecule has 0 spiro atoms. The van der Waals surface area contributed by atoms with E-state index in [-0.39, 0.29) is 5.95 Å². The Kier molecular flexibility index (Phi) is 4.93. The van der Waals surface area contributed by atoms with Gasteiger partial charge in [-0.05, 0) is 12.1 Å². The molecule has 0 radical (unpaired) electrons. The number of aromatic nitrogens is 2. The first-order valence-corrected chi connectivity index (χ1v) is 7.64. The Hall–Kier alpha value is -2.55. The van der Waals surface area contributed by atoms with Crippen LogP contribution in [-0.2, 0) is 10.9 Å². The van der Waals surface area contributed by atoms with E-state index in [1.54, 1.807) is 6.07 Å². The van der Waals surface area contributed by atoms with Crippen molar-refractivity contribution >= 4 is 17.3 Å². The van der Waals surface area contributed by atoms with Crippen molar-refractivity contribution in [1.29, 1.82) is 0 Å². The van der Waals surface area contributed by atoms with Crippen molar-refractivity contribution in [2.75, 3.05) is 43.6 Å². The summed E-state index contributed by atoms with van der Waals surface area (Å²) in [5.41, 5.74) is 0.658. The topological polar surface area (TPSA) is 59.5 Å². The van der Waals surface area contributed by atoms with Gasteiger partial charge in [-0.1, -0.05) is 0 Å². The predicted octanol–water partition coefficient (Wildman–Crippen LogP) is 3.08. The van der Waals surface area contributed by atoms with Crippen LogP contribution in [0.4, 0.5) is 30.5 Å². The molecule has 0 aliphatic carbocycles. The fraction of sp³-hybridized carbons (Fsp3) is 0.375. The molecular weight excluding hydrogens is 337 g/mol. The average Bonchev–Trinajstić information content (AvgIpc) is 2.62. The molecule has 0 unspecified atom stereocenters. The van der Waals surface area contributed by atoms with E-state index < -0.39 is 11.7 Å². The van der Waals surface area contributed by atoms with Crippen molar-refractivity contribution < 1.29 is 22.6 Å². The van der Waals surface area contributed by atoms with Gasteiger partial charge in [-0.2, -0.15) is 13.2 Å².